The Hall–Kier alpha value is -3.19. The second-order valence-corrected chi connectivity index (χ2v) is 5.89. The monoisotopic (exact) mass is 365 g/mol. The number of nitrogens with two attached hydrogens (primary N) is 1. The van der Waals surface area contributed by atoms with E-state index in [1.807, 2.05) is 44.2 Å². The van der Waals surface area contributed by atoms with Crippen molar-refractivity contribution in [2.75, 3.05) is 18.5 Å². The summed E-state index contributed by atoms with van der Waals surface area (Å²) < 4.78 is 5.52. The third-order valence-electron chi connectivity index (χ3n) is 4.13. The Balaban J connectivity index is 2.11. The van der Waals surface area contributed by atoms with E-state index in [1.165, 1.54) is 0 Å². The van der Waals surface area contributed by atoms with Crippen LogP contribution in [0.5, 0.6) is 5.88 Å². The second kappa shape index (κ2) is 8.46. The quantitative estimate of drug-likeness (QED) is 0.622. The van der Waals surface area contributed by atoms with Crippen LogP contribution in [0.15, 0.2) is 42.7 Å². The number of carbonyl (C=O) groups excluding carboxylic acids is 1. The molecule has 0 spiro atoms. The number of nitrogens with zero attached hydrogens (tertiary/aromatic N) is 2. The molecule has 0 unspecified atom stereocenters. The number of rotatable bonds is 6. The van der Waals surface area contributed by atoms with E-state index in [1.54, 1.807) is 12.4 Å². The first kappa shape index (κ1) is 18.6. The largest absolute Gasteiger partial charge is 0.478 e. The molecule has 0 aliphatic carbocycles. The average Bonchev–Trinajstić information content (AvgIpc) is 2.67. The highest BCUT2D eigenvalue weighted by Crippen LogP contribution is 2.33. The van der Waals surface area contributed by atoms with Gasteiger partial charge in [0, 0.05) is 36.9 Å². The van der Waals surface area contributed by atoms with Gasteiger partial charge in [0.15, 0.2) is 0 Å². The van der Waals surface area contributed by atoms with Crippen molar-refractivity contribution in [1.82, 2.24) is 15.3 Å². The number of pyridine rings is 2. The smallest absolute Gasteiger partial charge is 0.320 e. The number of urea groups is 1. The minimum Gasteiger partial charge on any atom is -0.478 e. The summed E-state index contributed by atoms with van der Waals surface area (Å²) in [5.74, 6) is 1.05. The fourth-order valence-electron chi connectivity index (χ4n) is 2.92. The third-order valence-corrected chi connectivity index (χ3v) is 4.13. The lowest BCUT2D eigenvalue weighted by atomic mass is 9.96. The van der Waals surface area contributed by atoms with Crippen LogP contribution in [0.3, 0.4) is 0 Å². The molecule has 7 heteroatoms. The summed E-state index contributed by atoms with van der Waals surface area (Å²) in [4.78, 5) is 20.4. The lowest BCUT2D eigenvalue weighted by Crippen LogP contribution is -2.28. The zero-order valence-electron chi connectivity index (χ0n) is 15.5. The molecule has 0 saturated carbocycles. The summed E-state index contributed by atoms with van der Waals surface area (Å²) >= 11 is 0. The van der Waals surface area contributed by atoms with Gasteiger partial charge in [-0.15, -0.1) is 0 Å². The lowest BCUT2D eigenvalue weighted by molar-refractivity contribution is 0.252. The molecule has 140 valence electrons. The van der Waals surface area contributed by atoms with Crippen molar-refractivity contribution in [2.45, 2.75) is 20.4 Å². The molecule has 7 nitrogen and oxygen atoms in total. The van der Waals surface area contributed by atoms with Gasteiger partial charge in [0.05, 0.1) is 6.61 Å². The molecule has 2 amide bonds. The van der Waals surface area contributed by atoms with Gasteiger partial charge in [0.25, 0.3) is 0 Å². The van der Waals surface area contributed by atoms with Gasteiger partial charge in [-0.1, -0.05) is 12.1 Å². The number of hydrogen-bond donors (Lipinski definition) is 3. The molecule has 1 aromatic carbocycles. The summed E-state index contributed by atoms with van der Waals surface area (Å²) in [6, 6.07) is 9.42. The van der Waals surface area contributed by atoms with Gasteiger partial charge in [-0.3, -0.25) is 5.32 Å². The fraction of sp³-hybridized carbons (Fsp3) is 0.250. The molecular weight excluding hydrogens is 342 g/mol. The van der Waals surface area contributed by atoms with Crippen molar-refractivity contribution in [3.63, 3.8) is 0 Å². The molecule has 0 fully saturated rings. The molecule has 2 heterocycles. The number of fused-ring (bicyclic) bond motifs is 1. The average molecular weight is 365 g/mol. The maximum absolute atomic E-state index is 11.8. The fourth-order valence-corrected chi connectivity index (χ4v) is 2.92. The summed E-state index contributed by atoms with van der Waals surface area (Å²) in [6.07, 6.45) is 3.46. The number of benzene rings is 1. The molecule has 27 heavy (non-hydrogen) atoms. The van der Waals surface area contributed by atoms with Crippen LogP contribution in [0, 0.1) is 0 Å². The lowest BCUT2D eigenvalue weighted by Gasteiger charge is -2.13. The number of anilines is 1. The molecule has 2 aromatic heterocycles. The van der Waals surface area contributed by atoms with Gasteiger partial charge in [-0.05, 0) is 48.1 Å². The van der Waals surface area contributed by atoms with E-state index in [2.05, 4.69) is 20.6 Å². The third kappa shape index (κ3) is 4.15. The van der Waals surface area contributed by atoms with Crippen LogP contribution in [0.25, 0.3) is 21.9 Å². The second-order valence-electron chi connectivity index (χ2n) is 5.89. The van der Waals surface area contributed by atoms with Gasteiger partial charge < -0.3 is 15.8 Å². The molecule has 0 aliphatic heterocycles. The Bertz CT molecular complexity index is 958. The van der Waals surface area contributed by atoms with Crippen LogP contribution in [-0.2, 0) is 6.54 Å². The van der Waals surface area contributed by atoms with E-state index >= 15 is 0 Å². The van der Waals surface area contributed by atoms with Crippen molar-refractivity contribution in [3.05, 3.63) is 48.3 Å². The van der Waals surface area contributed by atoms with Crippen LogP contribution in [0.2, 0.25) is 0 Å². The molecule has 0 aliphatic rings. The summed E-state index contributed by atoms with van der Waals surface area (Å²) in [7, 11) is 0. The number of aromatic nitrogens is 2. The number of nitrogens with one attached hydrogen (secondary N) is 2. The molecule has 3 rings (SSSR count). The Morgan fingerprint density at radius 3 is 2.74 bits per heavy atom. The first-order chi connectivity index (χ1) is 13.2. The molecule has 4 N–H and O–H groups in total. The molecule has 3 aromatic rings. The van der Waals surface area contributed by atoms with Gasteiger partial charge in [0.1, 0.15) is 5.82 Å². The SMILES string of the molecule is CCNC(=O)Nc1cc2c(-c3ccnc(OCC)c3)ccc(CN)c2cn1. The minimum absolute atomic E-state index is 0.288. The molecule has 0 atom stereocenters. The minimum atomic E-state index is -0.288. The predicted octanol–water partition coefficient (Wildman–Crippen LogP) is 3.30. The number of amides is 2. The first-order valence-corrected chi connectivity index (χ1v) is 8.92. The highest BCUT2D eigenvalue weighted by atomic mass is 16.5. The summed E-state index contributed by atoms with van der Waals surface area (Å²) in [5.41, 5.74) is 8.84. The van der Waals surface area contributed by atoms with Gasteiger partial charge in [0.2, 0.25) is 5.88 Å². The van der Waals surface area contributed by atoms with E-state index in [9.17, 15) is 4.79 Å². The number of carbonyl (C=O) groups is 1. The van der Waals surface area contributed by atoms with E-state index in [-0.39, 0.29) is 6.03 Å². The van der Waals surface area contributed by atoms with Crippen molar-refractivity contribution in [1.29, 1.82) is 0 Å². The highest BCUT2D eigenvalue weighted by Gasteiger charge is 2.11. The Morgan fingerprint density at radius 2 is 2.00 bits per heavy atom. The summed E-state index contributed by atoms with van der Waals surface area (Å²) in [6.45, 7) is 5.28. The van der Waals surface area contributed by atoms with Crippen LogP contribution >= 0.6 is 0 Å². The first-order valence-electron chi connectivity index (χ1n) is 8.92. The predicted molar refractivity (Wildman–Crippen MR) is 107 cm³/mol. The number of ether oxygens (including phenoxy) is 1. The topological polar surface area (TPSA) is 102 Å². The van der Waals surface area contributed by atoms with Crippen molar-refractivity contribution in [2.24, 2.45) is 5.73 Å². The summed E-state index contributed by atoms with van der Waals surface area (Å²) in [5, 5.41) is 7.35. The molecular formula is C20H23N5O2. The van der Waals surface area contributed by atoms with Gasteiger partial charge in [-0.25, -0.2) is 14.8 Å². The number of hydrogen-bond acceptors (Lipinski definition) is 5. The van der Waals surface area contributed by atoms with Gasteiger partial charge in [-0.2, -0.15) is 0 Å². The Labute approximate surface area is 158 Å². The zero-order valence-corrected chi connectivity index (χ0v) is 15.5. The standard InChI is InChI=1S/C20H23N5O2/c1-3-22-20(26)25-18-10-16-15(6-5-14(11-21)17(16)12-24-18)13-7-8-23-19(9-13)27-4-2/h5-10,12H,3-4,11,21H2,1-2H3,(H2,22,24,25,26). The van der Waals surface area contributed by atoms with Crippen LogP contribution in [0.4, 0.5) is 10.6 Å². The van der Waals surface area contributed by atoms with Crippen molar-refractivity contribution < 1.29 is 9.53 Å². The van der Waals surface area contributed by atoms with E-state index in [4.69, 9.17) is 10.5 Å². The molecule has 0 bridgehead atoms. The molecule has 0 radical (unpaired) electrons. The van der Waals surface area contributed by atoms with Crippen LogP contribution in [0.1, 0.15) is 19.4 Å². The zero-order chi connectivity index (χ0) is 19.2. The Kier molecular flexibility index (Phi) is 5.83. The highest BCUT2D eigenvalue weighted by molar-refractivity contribution is 6.00. The Morgan fingerprint density at radius 1 is 1.15 bits per heavy atom. The van der Waals surface area contributed by atoms with Gasteiger partial charge >= 0.3 is 6.03 Å². The normalized spacial score (nSPS) is 10.6. The maximum atomic E-state index is 11.8. The maximum Gasteiger partial charge on any atom is 0.320 e. The van der Waals surface area contributed by atoms with Crippen LogP contribution < -0.4 is 21.1 Å². The van der Waals surface area contributed by atoms with Crippen LogP contribution in [-0.4, -0.2) is 29.2 Å². The van der Waals surface area contributed by atoms with E-state index < -0.39 is 0 Å². The van der Waals surface area contributed by atoms with Crippen molar-refractivity contribution >= 4 is 22.6 Å². The van der Waals surface area contributed by atoms with Crippen molar-refractivity contribution in [3.8, 4) is 17.0 Å². The molecule has 0 saturated heterocycles. The van der Waals surface area contributed by atoms with E-state index in [0.717, 1.165) is 27.5 Å². The van der Waals surface area contributed by atoms with E-state index in [0.29, 0.717) is 31.4 Å².